The first kappa shape index (κ1) is 15.6. The van der Waals surface area contributed by atoms with Crippen molar-refractivity contribution in [3.05, 3.63) is 47.3 Å². The maximum Gasteiger partial charge on any atom is 0.142 e. The molecular weight excluding hydrogens is 260 g/mol. The van der Waals surface area contributed by atoms with Gasteiger partial charge in [0.2, 0.25) is 0 Å². The van der Waals surface area contributed by atoms with Crippen LogP contribution >= 0.6 is 0 Å². The quantitative estimate of drug-likeness (QED) is 0.807. The van der Waals surface area contributed by atoms with Gasteiger partial charge in [0.05, 0.1) is 12.8 Å². The zero-order valence-electron chi connectivity index (χ0n) is 13.8. The van der Waals surface area contributed by atoms with Crippen molar-refractivity contribution in [1.29, 1.82) is 0 Å². The third-order valence-corrected chi connectivity index (χ3v) is 3.91. The van der Waals surface area contributed by atoms with E-state index in [0.29, 0.717) is 0 Å². The molecule has 114 valence electrons. The molecule has 0 saturated carbocycles. The summed E-state index contributed by atoms with van der Waals surface area (Å²) in [6, 6.07) is 10.5. The van der Waals surface area contributed by atoms with Crippen molar-refractivity contribution in [1.82, 2.24) is 9.47 Å². The Morgan fingerprint density at radius 2 is 1.86 bits per heavy atom. The van der Waals surface area contributed by atoms with E-state index in [9.17, 15) is 0 Å². The maximum absolute atomic E-state index is 5.50. The fourth-order valence-corrected chi connectivity index (χ4v) is 2.85. The lowest BCUT2D eigenvalue weighted by molar-refractivity contribution is 0.400. The summed E-state index contributed by atoms with van der Waals surface area (Å²) in [5.41, 5.74) is 5.13. The summed E-state index contributed by atoms with van der Waals surface area (Å²) >= 11 is 0. The third kappa shape index (κ3) is 3.48. The smallest absolute Gasteiger partial charge is 0.142 e. The molecule has 0 saturated heterocycles. The van der Waals surface area contributed by atoms with Crippen LogP contribution in [-0.2, 0) is 6.42 Å². The van der Waals surface area contributed by atoms with Gasteiger partial charge in [-0.3, -0.25) is 0 Å². The largest absolute Gasteiger partial charge is 0.495 e. The number of ether oxygens (including phenoxy) is 1. The molecule has 1 heterocycles. The molecule has 2 rings (SSSR count). The summed E-state index contributed by atoms with van der Waals surface area (Å²) < 4.78 is 7.80. The van der Waals surface area contributed by atoms with E-state index < -0.39 is 0 Å². The topological polar surface area (TPSA) is 17.4 Å². The summed E-state index contributed by atoms with van der Waals surface area (Å²) in [5, 5.41) is 0. The summed E-state index contributed by atoms with van der Waals surface area (Å²) in [6.45, 7) is 5.48. The van der Waals surface area contributed by atoms with Crippen LogP contribution in [0, 0.1) is 13.8 Å². The van der Waals surface area contributed by atoms with Gasteiger partial charge in [-0.1, -0.05) is 12.1 Å². The second kappa shape index (κ2) is 6.81. The summed E-state index contributed by atoms with van der Waals surface area (Å²) in [7, 11) is 5.97. The molecule has 0 bridgehead atoms. The van der Waals surface area contributed by atoms with E-state index >= 15 is 0 Å². The van der Waals surface area contributed by atoms with Crippen LogP contribution in [-0.4, -0.2) is 37.2 Å². The first-order chi connectivity index (χ1) is 10.0. The van der Waals surface area contributed by atoms with Crippen LogP contribution in [0.4, 0.5) is 0 Å². The molecule has 2 aromatic rings. The van der Waals surface area contributed by atoms with Gasteiger partial charge in [0.1, 0.15) is 5.75 Å². The minimum Gasteiger partial charge on any atom is -0.495 e. The Morgan fingerprint density at radius 3 is 2.52 bits per heavy atom. The highest BCUT2D eigenvalue weighted by Crippen LogP contribution is 2.28. The van der Waals surface area contributed by atoms with Gasteiger partial charge in [-0.2, -0.15) is 0 Å². The molecule has 0 fully saturated rings. The maximum atomic E-state index is 5.50. The first-order valence-corrected chi connectivity index (χ1v) is 7.50. The molecule has 0 aliphatic carbocycles. The number of aryl methyl sites for hydroxylation is 2. The van der Waals surface area contributed by atoms with E-state index in [0.717, 1.165) is 24.4 Å². The highest BCUT2D eigenvalue weighted by molar-refractivity contribution is 5.50. The van der Waals surface area contributed by atoms with E-state index in [2.05, 4.69) is 55.6 Å². The molecule has 0 aliphatic heterocycles. The molecule has 0 amide bonds. The molecule has 1 aromatic carbocycles. The number of nitrogens with zero attached hydrogens (tertiary/aromatic N) is 2. The SMILES string of the molecule is COc1ccccc1-n1c(C)cc(CCCN(C)C)c1C. The number of aromatic nitrogens is 1. The second-order valence-corrected chi connectivity index (χ2v) is 5.81. The fraction of sp³-hybridized carbons (Fsp3) is 0.444. The molecule has 3 nitrogen and oxygen atoms in total. The molecule has 0 radical (unpaired) electrons. The fourth-order valence-electron chi connectivity index (χ4n) is 2.85. The van der Waals surface area contributed by atoms with Gasteiger partial charge in [-0.05, 0) is 71.1 Å². The van der Waals surface area contributed by atoms with Crippen molar-refractivity contribution in [3.8, 4) is 11.4 Å². The second-order valence-electron chi connectivity index (χ2n) is 5.81. The Bertz CT molecular complexity index is 599. The molecule has 0 spiro atoms. The summed E-state index contributed by atoms with van der Waals surface area (Å²) in [5.74, 6) is 0.916. The standard InChI is InChI=1S/C18H26N2O/c1-14-13-16(9-8-12-19(3)4)15(2)20(14)17-10-6-7-11-18(17)21-5/h6-7,10-11,13H,8-9,12H2,1-5H3. The van der Waals surface area contributed by atoms with Crippen molar-refractivity contribution in [2.24, 2.45) is 0 Å². The molecule has 0 atom stereocenters. The highest BCUT2D eigenvalue weighted by Gasteiger charge is 2.13. The van der Waals surface area contributed by atoms with Crippen LogP contribution in [0.3, 0.4) is 0 Å². The minimum atomic E-state index is 0.916. The van der Waals surface area contributed by atoms with E-state index in [1.54, 1.807) is 7.11 Å². The Hall–Kier alpha value is -1.74. The third-order valence-electron chi connectivity index (χ3n) is 3.91. The lowest BCUT2D eigenvalue weighted by Crippen LogP contribution is -2.13. The van der Waals surface area contributed by atoms with Crippen molar-refractivity contribution < 1.29 is 4.74 Å². The molecular formula is C18H26N2O. The van der Waals surface area contributed by atoms with Crippen molar-refractivity contribution in [2.45, 2.75) is 26.7 Å². The highest BCUT2D eigenvalue weighted by atomic mass is 16.5. The zero-order valence-corrected chi connectivity index (χ0v) is 13.8. The number of benzene rings is 1. The molecule has 0 unspecified atom stereocenters. The van der Waals surface area contributed by atoms with E-state index in [1.807, 2.05) is 12.1 Å². The van der Waals surface area contributed by atoms with Gasteiger partial charge in [0, 0.05) is 11.4 Å². The van der Waals surface area contributed by atoms with Gasteiger partial charge in [0.25, 0.3) is 0 Å². The number of rotatable bonds is 6. The lowest BCUT2D eigenvalue weighted by atomic mass is 10.1. The predicted molar refractivity (Wildman–Crippen MR) is 88.7 cm³/mol. The number of methoxy groups -OCH3 is 1. The van der Waals surface area contributed by atoms with Gasteiger partial charge < -0.3 is 14.2 Å². The van der Waals surface area contributed by atoms with Crippen LogP contribution < -0.4 is 4.74 Å². The zero-order chi connectivity index (χ0) is 15.4. The Labute approximate surface area is 128 Å². The summed E-state index contributed by atoms with van der Waals surface area (Å²) in [4.78, 5) is 2.24. The predicted octanol–water partition coefficient (Wildman–Crippen LogP) is 3.60. The monoisotopic (exact) mass is 286 g/mol. The van der Waals surface area contributed by atoms with Crippen LogP contribution in [0.25, 0.3) is 5.69 Å². The minimum absolute atomic E-state index is 0.916. The Morgan fingerprint density at radius 1 is 1.14 bits per heavy atom. The Kier molecular flexibility index (Phi) is 5.07. The van der Waals surface area contributed by atoms with Crippen molar-refractivity contribution in [2.75, 3.05) is 27.7 Å². The van der Waals surface area contributed by atoms with Crippen LogP contribution in [0.1, 0.15) is 23.4 Å². The van der Waals surface area contributed by atoms with Crippen LogP contribution in [0.15, 0.2) is 30.3 Å². The van der Waals surface area contributed by atoms with Gasteiger partial charge in [-0.25, -0.2) is 0 Å². The molecule has 1 aromatic heterocycles. The number of para-hydroxylation sites is 2. The van der Waals surface area contributed by atoms with Gasteiger partial charge in [0.15, 0.2) is 0 Å². The Balaban J connectivity index is 2.31. The normalized spacial score (nSPS) is 11.1. The number of hydrogen-bond acceptors (Lipinski definition) is 2. The molecule has 3 heteroatoms. The van der Waals surface area contributed by atoms with Gasteiger partial charge in [-0.15, -0.1) is 0 Å². The lowest BCUT2D eigenvalue weighted by Gasteiger charge is -2.14. The molecule has 21 heavy (non-hydrogen) atoms. The van der Waals surface area contributed by atoms with E-state index in [4.69, 9.17) is 4.74 Å². The van der Waals surface area contributed by atoms with E-state index in [1.165, 1.54) is 23.4 Å². The van der Waals surface area contributed by atoms with Crippen LogP contribution in [0.2, 0.25) is 0 Å². The van der Waals surface area contributed by atoms with Crippen molar-refractivity contribution in [3.63, 3.8) is 0 Å². The van der Waals surface area contributed by atoms with Gasteiger partial charge >= 0.3 is 0 Å². The summed E-state index contributed by atoms with van der Waals surface area (Å²) in [6.07, 6.45) is 2.30. The molecule has 0 N–H and O–H groups in total. The number of hydrogen-bond donors (Lipinski definition) is 0. The average Bonchev–Trinajstić information content (AvgIpc) is 2.73. The van der Waals surface area contributed by atoms with E-state index in [-0.39, 0.29) is 0 Å². The average molecular weight is 286 g/mol. The van der Waals surface area contributed by atoms with Crippen LogP contribution in [0.5, 0.6) is 5.75 Å². The molecule has 0 aliphatic rings. The van der Waals surface area contributed by atoms with Crippen molar-refractivity contribution >= 4 is 0 Å². The first-order valence-electron chi connectivity index (χ1n) is 7.50.